The third kappa shape index (κ3) is 7.69. The highest BCUT2D eigenvalue weighted by atomic mass is 16.7. The summed E-state index contributed by atoms with van der Waals surface area (Å²) in [6, 6.07) is 11.0. The molecule has 38 heavy (non-hydrogen) atoms. The van der Waals surface area contributed by atoms with Gasteiger partial charge in [-0.1, -0.05) is 57.0 Å². The lowest BCUT2D eigenvalue weighted by Gasteiger charge is -2.33. The molecule has 1 aromatic carbocycles. The Bertz CT molecular complexity index is 1100. The van der Waals surface area contributed by atoms with E-state index in [-0.39, 0.29) is 34.6 Å². The lowest BCUT2D eigenvalue weighted by atomic mass is 9.74. The van der Waals surface area contributed by atoms with Crippen LogP contribution in [0.1, 0.15) is 75.9 Å². The van der Waals surface area contributed by atoms with Crippen molar-refractivity contribution in [2.45, 2.75) is 77.4 Å². The molecule has 9 heteroatoms. The van der Waals surface area contributed by atoms with E-state index in [9.17, 15) is 14.4 Å². The molecule has 1 aromatic heterocycles. The summed E-state index contributed by atoms with van der Waals surface area (Å²) in [5.74, 6) is -1.18. The Labute approximate surface area is 224 Å². The van der Waals surface area contributed by atoms with Gasteiger partial charge in [0, 0.05) is 19.2 Å². The minimum Gasteiger partial charge on any atom is -0.493 e. The highest BCUT2D eigenvalue weighted by molar-refractivity contribution is 5.98. The number of methoxy groups -OCH3 is 1. The highest BCUT2D eigenvalue weighted by Gasteiger charge is 2.34. The molecule has 0 spiro atoms. The number of esters is 2. The van der Waals surface area contributed by atoms with Crippen molar-refractivity contribution in [2.24, 2.45) is 5.92 Å². The van der Waals surface area contributed by atoms with Crippen molar-refractivity contribution in [1.29, 1.82) is 0 Å². The molecule has 2 heterocycles. The number of carbonyl (C=O) groups excluding carboxylic acids is 3. The molecule has 0 bridgehead atoms. The number of carbonyl (C=O) groups is 3. The predicted molar refractivity (Wildman–Crippen MR) is 141 cm³/mol. The Morgan fingerprint density at radius 1 is 1.13 bits per heavy atom. The van der Waals surface area contributed by atoms with Crippen LogP contribution in [0, 0.1) is 5.92 Å². The monoisotopic (exact) mass is 526 g/mol. The van der Waals surface area contributed by atoms with E-state index in [1.165, 1.54) is 31.9 Å². The fraction of sp³-hybridized carbons (Fsp3) is 0.517. The molecule has 0 unspecified atom stereocenters. The second kappa shape index (κ2) is 13.3. The zero-order valence-electron chi connectivity index (χ0n) is 22.8. The summed E-state index contributed by atoms with van der Waals surface area (Å²) in [4.78, 5) is 41.6. The molecule has 3 atom stereocenters. The maximum Gasteiger partial charge on any atom is 0.328 e. The first-order valence-corrected chi connectivity index (χ1v) is 13.0. The van der Waals surface area contributed by atoms with E-state index in [4.69, 9.17) is 18.9 Å². The zero-order chi connectivity index (χ0) is 27.7. The van der Waals surface area contributed by atoms with Gasteiger partial charge in [0.1, 0.15) is 12.1 Å². The summed E-state index contributed by atoms with van der Waals surface area (Å²) in [6.07, 6.45) is 5.01. The van der Waals surface area contributed by atoms with Crippen LogP contribution >= 0.6 is 0 Å². The summed E-state index contributed by atoms with van der Waals surface area (Å²) in [5, 5.41) is 2.76. The van der Waals surface area contributed by atoms with Crippen LogP contribution in [0.3, 0.4) is 0 Å². The number of nitrogens with zero attached hydrogens (tertiary/aromatic N) is 1. The van der Waals surface area contributed by atoms with Gasteiger partial charge in [0.2, 0.25) is 6.79 Å². The van der Waals surface area contributed by atoms with E-state index in [1.54, 1.807) is 0 Å². The topological polar surface area (TPSA) is 113 Å². The van der Waals surface area contributed by atoms with Gasteiger partial charge in [-0.2, -0.15) is 0 Å². The second-order valence-electron chi connectivity index (χ2n) is 10.3. The van der Waals surface area contributed by atoms with Crippen LogP contribution in [-0.2, 0) is 24.5 Å². The van der Waals surface area contributed by atoms with Gasteiger partial charge in [0.05, 0.1) is 7.11 Å². The normalized spacial score (nSPS) is 20.2. The Balaban J connectivity index is 1.71. The van der Waals surface area contributed by atoms with E-state index in [2.05, 4.69) is 36.3 Å². The highest BCUT2D eigenvalue weighted by Crippen LogP contribution is 2.35. The number of hydrogen-bond acceptors (Lipinski definition) is 8. The lowest BCUT2D eigenvalue weighted by Crippen LogP contribution is -2.43. The summed E-state index contributed by atoms with van der Waals surface area (Å²) >= 11 is 0. The molecule has 1 amide bonds. The molecular weight excluding hydrogens is 488 g/mol. The smallest absolute Gasteiger partial charge is 0.328 e. The number of nitrogens with one attached hydrogen (secondary N) is 1. The summed E-state index contributed by atoms with van der Waals surface area (Å²) in [6.45, 7) is 7.19. The molecule has 9 nitrogen and oxygen atoms in total. The average Bonchev–Trinajstić information content (AvgIpc) is 2.94. The molecular formula is C29H38N2O7. The number of pyridine rings is 1. The van der Waals surface area contributed by atoms with Crippen LogP contribution in [-0.4, -0.2) is 48.9 Å². The van der Waals surface area contributed by atoms with Crippen LogP contribution in [0.2, 0.25) is 0 Å². The summed E-state index contributed by atoms with van der Waals surface area (Å²) in [5.41, 5.74) is 1.09. The molecule has 1 aliphatic heterocycles. The minimum absolute atomic E-state index is 0.0155. The molecule has 3 rings (SSSR count). The van der Waals surface area contributed by atoms with E-state index in [0.717, 1.165) is 25.7 Å². The van der Waals surface area contributed by atoms with Crippen LogP contribution in [0.4, 0.5) is 0 Å². The summed E-state index contributed by atoms with van der Waals surface area (Å²) in [7, 11) is 1.42. The van der Waals surface area contributed by atoms with Gasteiger partial charge in [0.25, 0.3) is 5.91 Å². The van der Waals surface area contributed by atoms with Gasteiger partial charge >= 0.3 is 11.9 Å². The number of ether oxygens (including phenoxy) is 4. The minimum atomic E-state index is -0.833. The van der Waals surface area contributed by atoms with Crippen molar-refractivity contribution in [3.05, 3.63) is 53.9 Å². The van der Waals surface area contributed by atoms with Crippen LogP contribution in [0.15, 0.2) is 42.6 Å². The molecule has 0 aliphatic carbocycles. The van der Waals surface area contributed by atoms with Gasteiger partial charge in [-0.15, -0.1) is 0 Å². The van der Waals surface area contributed by atoms with Crippen molar-refractivity contribution in [1.82, 2.24) is 10.3 Å². The number of benzene rings is 1. The van der Waals surface area contributed by atoms with Gasteiger partial charge in [-0.25, -0.2) is 9.78 Å². The molecule has 1 fully saturated rings. The Kier molecular flexibility index (Phi) is 10.1. The van der Waals surface area contributed by atoms with Crippen molar-refractivity contribution in [3.63, 3.8) is 0 Å². The SMILES string of the molecule is COc1ccnc(C(=O)N[C@H]2CCCC[C@@H](CC(C)(C)c3ccccc3)[C@H](C)OC2=O)c1OCOC(C)=O. The van der Waals surface area contributed by atoms with Crippen molar-refractivity contribution < 1.29 is 33.3 Å². The number of hydrogen-bond donors (Lipinski definition) is 1. The molecule has 0 radical (unpaired) electrons. The Hall–Kier alpha value is -3.62. The van der Waals surface area contributed by atoms with Crippen LogP contribution in [0.25, 0.3) is 0 Å². The standard InChI is InChI=1S/C29H38N2O7/c1-19-21(17-29(3,4)22-12-7-6-8-13-22)11-9-10-14-23(28(34)38-19)31-27(33)25-26(37-18-36-20(2)32)24(35-5)15-16-30-25/h6-8,12-13,15-16,19,21,23H,9-11,14,17-18H2,1-5H3,(H,31,33)/t19-,21-,23-/m0/s1. The average molecular weight is 527 g/mol. The fourth-order valence-corrected chi connectivity index (χ4v) is 4.82. The predicted octanol–water partition coefficient (Wildman–Crippen LogP) is 4.58. The molecule has 206 valence electrons. The largest absolute Gasteiger partial charge is 0.493 e. The Morgan fingerprint density at radius 3 is 2.53 bits per heavy atom. The third-order valence-corrected chi connectivity index (χ3v) is 6.97. The maximum atomic E-state index is 13.2. The number of amides is 1. The molecule has 0 saturated carbocycles. The molecule has 1 saturated heterocycles. The van der Waals surface area contributed by atoms with Gasteiger partial charge in [-0.3, -0.25) is 9.59 Å². The molecule has 2 aromatic rings. The first-order valence-electron chi connectivity index (χ1n) is 13.0. The second-order valence-corrected chi connectivity index (χ2v) is 10.3. The van der Waals surface area contributed by atoms with Gasteiger partial charge in [-0.05, 0) is 43.1 Å². The van der Waals surface area contributed by atoms with Crippen LogP contribution in [0.5, 0.6) is 11.5 Å². The van der Waals surface area contributed by atoms with E-state index in [1.807, 2.05) is 25.1 Å². The quantitative estimate of drug-likeness (QED) is 0.373. The fourth-order valence-electron chi connectivity index (χ4n) is 4.82. The van der Waals surface area contributed by atoms with E-state index in [0.29, 0.717) is 6.42 Å². The Morgan fingerprint density at radius 2 is 1.84 bits per heavy atom. The molecule has 1 aliphatic rings. The summed E-state index contributed by atoms with van der Waals surface area (Å²) < 4.78 is 21.5. The van der Waals surface area contributed by atoms with Crippen LogP contribution < -0.4 is 14.8 Å². The van der Waals surface area contributed by atoms with Crippen molar-refractivity contribution in [2.75, 3.05) is 13.9 Å². The van der Waals surface area contributed by atoms with Gasteiger partial charge in [0.15, 0.2) is 17.2 Å². The lowest BCUT2D eigenvalue weighted by molar-refractivity contribution is -0.153. The van der Waals surface area contributed by atoms with Gasteiger partial charge < -0.3 is 24.3 Å². The number of aromatic nitrogens is 1. The number of cyclic esters (lactones) is 1. The first kappa shape index (κ1) is 28.9. The third-order valence-electron chi connectivity index (χ3n) is 6.97. The maximum absolute atomic E-state index is 13.2. The van der Waals surface area contributed by atoms with Crippen molar-refractivity contribution in [3.8, 4) is 11.5 Å². The zero-order valence-corrected chi connectivity index (χ0v) is 22.8. The van der Waals surface area contributed by atoms with Crippen molar-refractivity contribution >= 4 is 17.8 Å². The first-order chi connectivity index (χ1) is 18.1. The molecule has 1 N–H and O–H groups in total. The van der Waals surface area contributed by atoms with E-state index >= 15 is 0 Å². The van der Waals surface area contributed by atoms with E-state index < -0.39 is 30.7 Å². The number of rotatable bonds is 9.